The molecule has 0 unspecified atom stereocenters. The molecule has 0 bridgehead atoms. The summed E-state index contributed by atoms with van der Waals surface area (Å²) in [6, 6.07) is 4.79. The highest BCUT2D eigenvalue weighted by Crippen LogP contribution is 2.29. The van der Waals surface area contributed by atoms with Crippen LogP contribution in [0.15, 0.2) is 18.2 Å². The van der Waals surface area contributed by atoms with Gasteiger partial charge in [0.05, 0.1) is 5.02 Å². The van der Waals surface area contributed by atoms with Crippen molar-refractivity contribution < 1.29 is 34.7 Å². The van der Waals surface area contributed by atoms with Crippen molar-refractivity contribution in [2.45, 2.75) is 37.6 Å². The Hall–Kier alpha value is -1.22. The maximum atomic E-state index is 12.0. The van der Waals surface area contributed by atoms with Crippen LogP contribution in [-0.2, 0) is 9.53 Å². The van der Waals surface area contributed by atoms with Crippen LogP contribution >= 0.6 is 11.6 Å². The molecule has 0 saturated carbocycles. The largest absolute Gasteiger partial charge is 0.423 e. The molecule has 0 radical (unpaired) electrons. The second-order valence-corrected chi connectivity index (χ2v) is 5.11. The Morgan fingerprint density at radius 1 is 1.19 bits per heavy atom. The summed E-state index contributed by atoms with van der Waals surface area (Å²) < 4.78 is 9.77. The summed E-state index contributed by atoms with van der Waals surface area (Å²) in [4.78, 5) is 12.0. The molecule has 8 heteroatoms. The van der Waals surface area contributed by atoms with Gasteiger partial charge in [0.25, 0.3) is 0 Å². The summed E-state index contributed by atoms with van der Waals surface area (Å²) in [5, 5.41) is 38.2. The lowest BCUT2D eigenvalue weighted by atomic mass is 9.99. The van der Waals surface area contributed by atoms with Gasteiger partial charge < -0.3 is 29.9 Å². The van der Waals surface area contributed by atoms with Crippen LogP contribution < -0.4 is 4.74 Å². The fourth-order valence-electron chi connectivity index (χ4n) is 1.92. The lowest BCUT2D eigenvalue weighted by Gasteiger charge is -2.36. The third kappa shape index (κ3) is 3.18. The number of hydrogen-bond donors (Lipinski definition) is 4. The molecule has 2 rings (SSSR count). The van der Waals surface area contributed by atoms with Crippen molar-refractivity contribution in [2.24, 2.45) is 0 Å². The molecule has 21 heavy (non-hydrogen) atoms. The maximum Gasteiger partial charge on any atom is 0.343 e. The Labute approximate surface area is 125 Å². The molecule has 1 aliphatic rings. The number of benzene rings is 1. The van der Waals surface area contributed by atoms with E-state index in [0.717, 1.165) is 0 Å². The second-order valence-electron chi connectivity index (χ2n) is 4.73. The Balaban J connectivity index is 2.15. The summed E-state index contributed by atoms with van der Waals surface area (Å²) in [6.07, 6.45) is -8.64. The summed E-state index contributed by atoms with van der Waals surface area (Å²) in [7, 11) is 0. The van der Waals surface area contributed by atoms with Crippen LogP contribution in [-0.4, -0.2) is 57.1 Å². The zero-order valence-electron chi connectivity index (χ0n) is 11.0. The third-order valence-electron chi connectivity index (χ3n) is 3.19. The molecule has 0 spiro atoms. The van der Waals surface area contributed by atoms with Crippen LogP contribution in [0.3, 0.4) is 0 Å². The molecule has 1 heterocycles. The van der Waals surface area contributed by atoms with E-state index in [2.05, 4.69) is 0 Å². The first-order chi connectivity index (χ1) is 9.82. The quantitative estimate of drug-likeness (QED) is 0.423. The van der Waals surface area contributed by atoms with E-state index in [0.29, 0.717) is 5.56 Å². The van der Waals surface area contributed by atoms with Crippen LogP contribution in [0.25, 0.3) is 0 Å². The van der Waals surface area contributed by atoms with Crippen LogP contribution in [0.1, 0.15) is 5.56 Å². The molecule has 1 aliphatic heterocycles. The average Bonchev–Trinajstić information content (AvgIpc) is 2.45. The number of esters is 1. The minimum absolute atomic E-state index is 0.0626. The molecule has 4 N–H and O–H groups in total. The van der Waals surface area contributed by atoms with Crippen molar-refractivity contribution in [2.75, 3.05) is 0 Å². The zero-order chi connectivity index (χ0) is 15.7. The van der Waals surface area contributed by atoms with E-state index < -0.39 is 36.7 Å². The van der Waals surface area contributed by atoms with Gasteiger partial charge in [0.1, 0.15) is 24.1 Å². The molecule has 1 saturated heterocycles. The van der Waals surface area contributed by atoms with Crippen LogP contribution in [0.2, 0.25) is 5.02 Å². The topological polar surface area (TPSA) is 116 Å². The van der Waals surface area contributed by atoms with Crippen molar-refractivity contribution in [1.82, 2.24) is 0 Å². The smallest absolute Gasteiger partial charge is 0.343 e. The average molecular weight is 319 g/mol. The molecule has 1 aromatic rings. The predicted molar refractivity (Wildman–Crippen MR) is 70.7 cm³/mol. The monoisotopic (exact) mass is 318 g/mol. The van der Waals surface area contributed by atoms with Gasteiger partial charge in [-0.15, -0.1) is 0 Å². The summed E-state index contributed by atoms with van der Waals surface area (Å²) in [6.45, 7) is 1.72. The molecular weight excluding hydrogens is 304 g/mol. The number of aliphatic hydroxyl groups excluding tert-OH is 4. The van der Waals surface area contributed by atoms with Gasteiger partial charge in [-0.25, -0.2) is 4.79 Å². The zero-order valence-corrected chi connectivity index (χ0v) is 11.8. The molecule has 0 amide bonds. The van der Waals surface area contributed by atoms with E-state index in [1.165, 1.54) is 6.07 Å². The van der Waals surface area contributed by atoms with Crippen LogP contribution in [0.4, 0.5) is 0 Å². The van der Waals surface area contributed by atoms with Crippen molar-refractivity contribution in [3.8, 4) is 5.75 Å². The number of aryl methyl sites for hydroxylation is 1. The van der Waals surface area contributed by atoms with Gasteiger partial charge in [0, 0.05) is 0 Å². The predicted octanol–water partition coefficient (Wildman–Crippen LogP) is -0.646. The Morgan fingerprint density at radius 2 is 1.86 bits per heavy atom. The summed E-state index contributed by atoms with van der Waals surface area (Å²) >= 11 is 5.97. The molecule has 0 aromatic heterocycles. The number of carbonyl (C=O) groups excluding carboxylic acids is 1. The summed E-state index contributed by atoms with van der Waals surface area (Å²) in [5.74, 6) is -0.979. The Morgan fingerprint density at radius 3 is 2.52 bits per heavy atom. The molecule has 7 nitrogen and oxygen atoms in total. The van der Waals surface area contributed by atoms with Crippen molar-refractivity contribution in [3.05, 3.63) is 28.8 Å². The van der Waals surface area contributed by atoms with Gasteiger partial charge in [-0.2, -0.15) is 0 Å². The van der Waals surface area contributed by atoms with Gasteiger partial charge in [0.2, 0.25) is 0 Å². The first-order valence-electron chi connectivity index (χ1n) is 6.17. The molecule has 1 fully saturated rings. The number of carbonyl (C=O) groups is 1. The molecule has 5 atom stereocenters. The van der Waals surface area contributed by atoms with E-state index in [1.807, 2.05) is 0 Å². The Kier molecular flexibility index (Phi) is 4.82. The van der Waals surface area contributed by atoms with Gasteiger partial charge in [-0.1, -0.05) is 23.7 Å². The number of ether oxygens (including phenoxy) is 2. The highest BCUT2D eigenvalue weighted by molar-refractivity contribution is 6.32. The third-order valence-corrected chi connectivity index (χ3v) is 3.67. The van der Waals surface area contributed by atoms with E-state index in [9.17, 15) is 25.2 Å². The maximum absolute atomic E-state index is 12.0. The number of rotatable bonds is 2. The van der Waals surface area contributed by atoms with Gasteiger partial charge in [-0.3, -0.25) is 0 Å². The van der Waals surface area contributed by atoms with Gasteiger partial charge >= 0.3 is 5.97 Å². The second kappa shape index (κ2) is 6.27. The number of aliphatic hydroxyl groups is 4. The van der Waals surface area contributed by atoms with Gasteiger partial charge in [0.15, 0.2) is 12.4 Å². The SMILES string of the molecule is Cc1cccc(OC(=O)[C@H]2O[C@@H](O)[C@H](O)[C@@H](O)[C@@H]2O)c1Cl. The van der Waals surface area contributed by atoms with E-state index in [-0.39, 0.29) is 10.8 Å². The van der Waals surface area contributed by atoms with E-state index >= 15 is 0 Å². The van der Waals surface area contributed by atoms with Crippen LogP contribution in [0.5, 0.6) is 5.75 Å². The van der Waals surface area contributed by atoms with Crippen molar-refractivity contribution in [1.29, 1.82) is 0 Å². The van der Waals surface area contributed by atoms with Gasteiger partial charge in [-0.05, 0) is 18.6 Å². The lowest BCUT2D eigenvalue weighted by Crippen LogP contribution is -2.60. The normalized spacial score (nSPS) is 32.8. The first-order valence-corrected chi connectivity index (χ1v) is 6.55. The molecule has 116 valence electrons. The first kappa shape index (κ1) is 16.2. The van der Waals surface area contributed by atoms with E-state index in [4.69, 9.17) is 21.1 Å². The van der Waals surface area contributed by atoms with Crippen LogP contribution in [0, 0.1) is 6.92 Å². The van der Waals surface area contributed by atoms with E-state index in [1.54, 1.807) is 19.1 Å². The molecular formula is C13H15ClO7. The highest BCUT2D eigenvalue weighted by atomic mass is 35.5. The van der Waals surface area contributed by atoms with Crippen molar-refractivity contribution in [3.63, 3.8) is 0 Å². The fourth-order valence-corrected chi connectivity index (χ4v) is 2.09. The fraction of sp³-hybridized carbons (Fsp3) is 0.462. The molecule has 0 aliphatic carbocycles. The molecule has 1 aromatic carbocycles. The van der Waals surface area contributed by atoms with Crippen molar-refractivity contribution >= 4 is 17.6 Å². The highest BCUT2D eigenvalue weighted by Gasteiger charge is 2.47. The lowest BCUT2D eigenvalue weighted by molar-refractivity contribution is -0.279. The number of hydrogen-bond acceptors (Lipinski definition) is 7. The Bertz CT molecular complexity index is 535. The standard InChI is InChI=1S/C13H15ClO7/c1-5-3-2-4-6(7(5)14)20-13(19)11-9(16)8(15)10(17)12(18)21-11/h2-4,8-12,15-18H,1H3/t8-,9-,10+,11-,12+/m0/s1. The summed E-state index contributed by atoms with van der Waals surface area (Å²) in [5.41, 5.74) is 0.683. The minimum Gasteiger partial charge on any atom is -0.423 e. The minimum atomic E-state index is -1.81. The number of halogens is 1.